The lowest BCUT2D eigenvalue weighted by Gasteiger charge is -2.15. The van der Waals surface area contributed by atoms with Gasteiger partial charge >= 0.3 is 0 Å². The fourth-order valence-corrected chi connectivity index (χ4v) is 2.28. The topological polar surface area (TPSA) is 20.3 Å². The van der Waals surface area contributed by atoms with E-state index in [4.69, 9.17) is 0 Å². The SMILES string of the molecule is CC(=O)CN(C)CCc1cccc2ccccc12. The van der Waals surface area contributed by atoms with Crippen LogP contribution in [0.15, 0.2) is 42.5 Å². The van der Waals surface area contributed by atoms with Gasteiger partial charge in [-0.2, -0.15) is 0 Å². The van der Waals surface area contributed by atoms with E-state index in [9.17, 15) is 4.79 Å². The first kappa shape index (κ1) is 12.8. The smallest absolute Gasteiger partial charge is 0.143 e. The first-order valence-electron chi connectivity index (χ1n) is 6.31. The van der Waals surface area contributed by atoms with Crippen molar-refractivity contribution in [1.82, 2.24) is 4.90 Å². The highest BCUT2D eigenvalue weighted by Crippen LogP contribution is 2.18. The monoisotopic (exact) mass is 241 g/mol. The summed E-state index contributed by atoms with van der Waals surface area (Å²) in [6.45, 7) is 3.08. The van der Waals surface area contributed by atoms with Crippen LogP contribution >= 0.6 is 0 Å². The maximum Gasteiger partial charge on any atom is 0.143 e. The molecule has 0 aliphatic heterocycles. The second-order valence-electron chi connectivity index (χ2n) is 4.83. The molecule has 2 rings (SSSR count). The van der Waals surface area contributed by atoms with Crippen LogP contribution in [-0.4, -0.2) is 30.8 Å². The van der Waals surface area contributed by atoms with Crippen LogP contribution in [0.4, 0.5) is 0 Å². The van der Waals surface area contributed by atoms with E-state index in [2.05, 4.69) is 47.4 Å². The molecule has 0 atom stereocenters. The minimum atomic E-state index is 0.218. The van der Waals surface area contributed by atoms with Crippen LogP contribution in [-0.2, 0) is 11.2 Å². The van der Waals surface area contributed by atoms with Crippen molar-refractivity contribution >= 4 is 16.6 Å². The molecule has 2 nitrogen and oxygen atoms in total. The van der Waals surface area contributed by atoms with Crippen molar-refractivity contribution < 1.29 is 4.79 Å². The van der Waals surface area contributed by atoms with Crippen molar-refractivity contribution in [2.24, 2.45) is 0 Å². The van der Waals surface area contributed by atoms with Gasteiger partial charge < -0.3 is 0 Å². The third-order valence-electron chi connectivity index (χ3n) is 3.14. The molecule has 0 heterocycles. The molecule has 0 aliphatic carbocycles. The minimum absolute atomic E-state index is 0.218. The quantitative estimate of drug-likeness (QED) is 0.802. The largest absolute Gasteiger partial charge is 0.299 e. The summed E-state index contributed by atoms with van der Waals surface area (Å²) in [5.41, 5.74) is 1.35. The number of hydrogen-bond acceptors (Lipinski definition) is 2. The average molecular weight is 241 g/mol. The van der Waals surface area contributed by atoms with Gasteiger partial charge in [0.25, 0.3) is 0 Å². The van der Waals surface area contributed by atoms with E-state index in [1.807, 2.05) is 7.05 Å². The number of hydrogen-bond donors (Lipinski definition) is 0. The van der Waals surface area contributed by atoms with Gasteiger partial charge in [0.15, 0.2) is 0 Å². The summed E-state index contributed by atoms with van der Waals surface area (Å²) in [7, 11) is 1.99. The Morgan fingerprint density at radius 1 is 1.11 bits per heavy atom. The summed E-state index contributed by atoms with van der Waals surface area (Å²) in [4.78, 5) is 13.1. The number of carbonyl (C=O) groups excluding carboxylic acids is 1. The van der Waals surface area contributed by atoms with Crippen molar-refractivity contribution in [2.45, 2.75) is 13.3 Å². The molecule has 0 fully saturated rings. The van der Waals surface area contributed by atoms with Crippen LogP contribution in [0, 0.1) is 0 Å². The molecule has 18 heavy (non-hydrogen) atoms. The Morgan fingerprint density at radius 2 is 1.83 bits per heavy atom. The first-order chi connectivity index (χ1) is 8.66. The molecule has 0 aromatic heterocycles. The fourth-order valence-electron chi connectivity index (χ4n) is 2.28. The van der Waals surface area contributed by atoms with E-state index in [-0.39, 0.29) is 5.78 Å². The Kier molecular flexibility index (Phi) is 4.11. The second kappa shape index (κ2) is 5.78. The van der Waals surface area contributed by atoms with E-state index in [0.29, 0.717) is 6.54 Å². The number of rotatable bonds is 5. The molecule has 2 aromatic rings. The zero-order valence-corrected chi connectivity index (χ0v) is 11.0. The Morgan fingerprint density at radius 3 is 2.61 bits per heavy atom. The van der Waals surface area contributed by atoms with Crippen molar-refractivity contribution in [3.63, 3.8) is 0 Å². The summed E-state index contributed by atoms with van der Waals surface area (Å²) >= 11 is 0. The van der Waals surface area contributed by atoms with Gasteiger partial charge in [-0.15, -0.1) is 0 Å². The van der Waals surface area contributed by atoms with Crippen LogP contribution in [0.25, 0.3) is 10.8 Å². The number of carbonyl (C=O) groups is 1. The fraction of sp³-hybridized carbons (Fsp3) is 0.312. The highest BCUT2D eigenvalue weighted by atomic mass is 16.1. The molecule has 2 heteroatoms. The lowest BCUT2D eigenvalue weighted by atomic mass is 10.0. The van der Waals surface area contributed by atoms with Crippen LogP contribution in [0.1, 0.15) is 12.5 Å². The molecule has 2 aromatic carbocycles. The standard InChI is InChI=1S/C16H19NO/c1-13(18)12-17(2)11-10-15-8-5-7-14-6-3-4-9-16(14)15/h3-9H,10-12H2,1-2H3. The van der Waals surface area contributed by atoms with Gasteiger partial charge in [-0.05, 0) is 36.7 Å². The van der Waals surface area contributed by atoms with Gasteiger partial charge in [0.2, 0.25) is 0 Å². The zero-order chi connectivity index (χ0) is 13.0. The molecule has 0 saturated carbocycles. The normalized spacial score (nSPS) is 11.1. The van der Waals surface area contributed by atoms with Crippen LogP contribution < -0.4 is 0 Å². The molecule has 0 amide bonds. The summed E-state index contributed by atoms with van der Waals surface area (Å²) in [6.07, 6.45) is 0.977. The number of likely N-dealkylation sites (N-methyl/N-ethyl adjacent to an activating group) is 1. The van der Waals surface area contributed by atoms with Gasteiger partial charge in [-0.25, -0.2) is 0 Å². The molecule has 0 N–H and O–H groups in total. The Hall–Kier alpha value is -1.67. The molecule has 0 spiro atoms. The highest BCUT2D eigenvalue weighted by Gasteiger charge is 2.04. The average Bonchev–Trinajstić information content (AvgIpc) is 2.35. The van der Waals surface area contributed by atoms with Crippen LogP contribution in [0.2, 0.25) is 0 Å². The van der Waals surface area contributed by atoms with E-state index < -0.39 is 0 Å². The van der Waals surface area contributed by atoms with Crippen molar-refractivity contribution in [3.05, 3.63) is 48.0 Å². The predicted molar refractivity (Wildman–Crippen MR) is 75.8 cm³/mol. The van der Waals surface area contributed by atoms with E-state index in [1.165, 1.54) is 16.3 Å². The van der Waals surface area contributed by atoms with Crippen LogP contribution in [0.3, 0.4) is 0 Å². The Labute approximate surface area is 108 Å². The Bertz CT molecular complexity index is 542. The van der Waals surface area contributed by atoms with Crippen molar-refractivity contribution in [2.75, 3.05) is 20.1 Å². The van der Waals surface area contributed by atoms with Crippen LogP contribution in [0.5, 0.6) is 0 Å². The summed E-state index contributed by atoms with van der Waals surface area (Å²) in [6, 6.07) is 14.8. The number of ketones is 1. The molecule has 0 bridgehead atoms. The minimum Gasteiger partial charge on any atom is -0.299 e. The molecule has 0 radical (unpaired) electrons. The summed E-state index contributed by atoms with van der Waals surface area (Å²) < 4.78 is 0. The lowest BCUT2D eigenvalue weighted by Crippen LogP contribution is -2.26. The number of nitrogens with zero attached hydrogens (tertiary/aromatic N) is 1. The van der Waals surface area contributed by atoms with E-state index >= 15 is 0 Å². The lowest BCUT2D eigenvalue weighted by molar-refractivity contribution is -0.117. The maximum absolute atomic E-state index is 11.0. The third kappa shape index (κ3) is 3.17. The van der Waals surface area contributed by atoms with Crippen molar-refractivity contribution in [1.29, 1.82) is 0 Å². The first-order valence-corrected chi connectivity index (χ1v) is 6.31. The second-order valence-corrected chi connectivity index (χ2v) is 4.83. The number of Topliss-reactive ketones (excluding diaryl/α,β-unsaturated/α-hetero) is 1. The van der Waals surface area contributed by atoms with Gasteiger partial charge in [-0.3, -0.25) is 9.69 Å². The molecular weight excluding hydrogens is 222 g/mol. The number of benzene rings is 2. The summed E-state index contributed by atoms with van der Waals surface area (Å²) in [5.74, 6) is 0.218. The van der Waals surface area contributed by atoms with Gasteiger partial charge in [0.05, 0.1) is 6.54 Å². The molecule has 0 unspecified atom stereocenters. The molecular formula is C16H19NO. The molecule has 0 aliphatic rings. The van der Waals surface area contributed by atoms with Gasteiger partial charge in [-0.1, -0.05) is 42.5 Å². The maximum atomic E-state index is 11.0. The van der Waals surface area contributed by atoms with Crippen molar-refractivity contribution in [3.8, 4) is 0 Å². The Balaban J connectivity index is 2.10. The van der Waals surface area contributed by atoms with Gasteiger partial charge in [0.1, 0.15) is 5.78 Å². The molecule has 94 valence electrons. The highest BCUT2D eigenvalue weighted by molar-refractivity contribution is 5.85. The third-order valence-corrected chi connectivity index (χ3v) is 3.14. The number of fused-ring (bicyclic) bond motifs is 1. The summed E-state index contributed by atoms with van der Waals surface area (Å²) in [5, 5.41) is 2.60. The predicted octanol–water partition coefficient (Wildman–Crippen LogP) is 2.90. The molecule has 0 saturated heterocycles. The van der Waals surface area contributed by atoms with E-state index in [1.54, 1.807) is 6.92 Å². The zero-order valence-electron chi connectivity index (χ0n) is 11.0. The van der Waals surface area contributed by atoms with E-state index in [0.717, 1.165) is 13.0 Å². The van der Waals surface area contributed by atoms with Gasteiger partial charge in [0, 0.05) is 6.54 Å².